The summed E-state index contributed by atoms with van der Waals surface area (Å²) in [6, 6.07) is 21.7. The minimum Gasteiger partial charge on any atom is -0.491 e. The van der Waals surface area contributed by atoms with Gasteiger partial charge in [0.05, 0.1) is 29.7 Å². The fraction of sp³-hybridized carbons (Fsp3) is 0.148. The number of carbonyl (C=O) groups excluding carboxylic acids is 1. The Kier molecular flexibility index (Phi) is 6.82. The van der Waals surface area contributed by atoms with Gasteiger partial charge in [-0.1, -0.05) is 41.9 Å². The van der Waals surface area contributed by atoms with Gasteiger partial charge in [-0.2, -0.15) is 0 Å². The van der Waals surface area contributed by atoms with E-state index in [1.165, 1.54) is 12.1 Å². The van der Waals surface area contributed by atoms with Crippen LogP contribution in [0.4, 0.5) is 11.4 Å². The molecule has 0 saturated heterocycles. The first-order chi connectivity index (χ1) is 17.7. The van der Waals surface area contributed by atoms with Gasteiger partial charge in [0, 0.05) is 28.0 Å². The number of nitrogens with zero attached hydrogens (tertiary/aromatic N) is 1. The number of fused-ring (bicyclic) bond motifs is 3. The number of nitrogens with one attached hydrogen (secondary N) is 2. The summed E-state index contributed by atoms with van der Waals surface area (Å²) in [6.07, 6.45) is 2.82. The first kappa shape index (κ1) is 24.7. The quantitative estimate of drug-likeness (QED) is 0.329. The van der Waals surface area contributed by atoms with E-state index in [1.807, 2.05) is 59.2 Å². The number of hydrogen-bond acceptors (Lipinski definition) is 5. The molecule has 8 nitrogen and oxygen atoms in total. The summed E-state index contributed by atoms with van der Waals surface area (Å²) >= 11 is 6.14. The predicted molar refractivity (Wildman–Crippen MR) is 144 cm³/mol. The van der Waals surface area contributed by atoms with E-state index in [0.717, 1.165) is 34.6 Å². The molecule has 3 aromatic carbocycles. The first-order valence-electron chi connectivity index (χ1n) is 11.5. The number of hydrogen-bond donors (Lipinski definition) is 2. The standard InChI is InChI=1S/C27H24ClN3O5S/c1-37(33,34)30-22-14-20(28)13-21(15-22)29-27(32)19-12-24-26-18(17-36-23-7-3-2-4-8-23)6-5-9-25(26)35-11-10-31(24)16-19/h2-9,12-16,30H,10-11,17H2,1H3,(H,29,32). The molecule has 0 spiro atoms. The Morgan fingerprint density at radius 1 is 1.05 bits per heavy atom. The van der Waals surface area contributed by atoms with E-state index < -0.39 is 10.0 Å². The Balaban J connectivity index is 1.43. The summed E-state index contributed by atoms with van der Waals surface area (Å²) < 4.78 is 39.6. The minimum atomic E-state index is -3.50. The van der Waals surface area contributed by atoms with Crippen molar-refractivity contribution in [2.75, 3.05) is 22.9 Å². The molecule has 0 atom stereocenters. The van der Waals surface area contributed by atoms with Gasteiger partial charge in [0.1, 0.15) is 24.7 Å². The maximum atomic E-state index is 13.2. The highest BCUT2D eigenvalue weighted by molar-refractivity contribution is 7.92. The number of halogens is 1. The molecule has 2 N–H and O–H groups in total. The van der Waals surface area contributed by atoms with E-state index in [-0.39, 0.29) is 16.6 Å². The number of carbonyl (C=O) groups is 1. The lowest BCUT2D eigenvalue weighted by Gasteiger charge is -2.14. The fourth-order valence-electron chi connectivity index (χ4n) is 4.21. The molecule has 1 amide bonds. The smallest absolute Gasteiger partial charge is 0.257 e. The third-order valence-electron chi connectivity index (χ3n) is 5.71. The van der Waals surface area contributed by atoms with Crippen molar-refractivity contribution in [3.05, 3.63) is 95.1 Å². The van der Waals surface area contributed by atoms with Crippen LogP contribution in [0.2, 0.25) is 5.02 Å². The number of rotatable bonds is 7. The highest BCUT2D eigenvalue weighted by atomic mass is 35.5. The first-order valence-corrected chi connectivity index (χ1v) is 13.7. The van der Waals surface area contributed by atoms with Gasteiger partial charge in [0.15, 0.2) is 0 Å². The van der Waals surface area contributed by atoms with Crippen molar-refractivity contribution in [1.82, 2.24) is 4.57 Å². The normalized spacial score (nSPS) is 12.5. The molecular formula is C27H24ClN3O5S. The zero-order valence-electron chi connectivity index (χ0n) is 19.9. The molecule has 37 heavy (non-hydrogen) atoms. The van der Waals surface area contributed by atoms with Crippen LogP contribution in [-0.2, 0) is 23.2 Å². The van der Waals surface area contributed by atoms with E-state index in [0.29, 0.717) is 31.0 Å². The Morgan fingerprint density at radius 2 is 1.84 bits per heavy atom. The van der Waals surface area contributed by atoms with Crippen LogP contribution in [0.3, 0.4) is 0 Å². The predicted octanol–water partition coefficient (Wildman–Crippen LogP) is 5.40. The van der Waals surface area contributed by atoms with Crippen LogP contribution in [0.15, 0.2) is 79.0 Å². The molecule has 2 heterocycles. The van der Waals surface area contributed by atoms with Crippen LogP contribution in [0.25, 0.3) is 11.3 Å². The van der Waals surface area contributed by atoms with Crippen LogP contribution in [0.1, 0.15) is 15.9 Å². The summed E-state index contributed by atoms with van der Waals surface area (Å²) in [5.74, 6) is 1.13. The summed E-state index contributed by atoms with van der Waals surface area (Å²) in [6.45, 7) is 1.35. The monoisotopic (exact) mass is 537 g/mol. The van der Waals surface area contributed by atoms with Gasteiger partial charge < -0.3 is 19.4 Å². The van der Waals surface area contributed by atoms with Crippen LogP contribution in [-0.4, -0.2) is 31.8 Å². The van der Waals surface area contributed by atoms with Gasteiger partial charge >= 0.3 is 0 Å². The fourth-order valence-corrected chi connectivity index (χ4v) is 4.99. The molecule has 0 fully saturated rings. The SMILES string of the molecule is CS(=O)(=O)Nc1cc(Cl)cc(NC(=O)c2cc3n(c2)CCOc2cccc(COc4ccccc4)c2-3)c1. The molecule has 0 unspecified atom stereocenters. The van der Waals surface area contributed by atoms with E-state index in [4.69, 9.17) is 21.1 Å². The number of amides is 1. The molecule has 0 saturated carbocycles. The second-order valence-corrected chi connectivity index (χ2v) is 10.8. The van der Waals surface area contributed by atoms with E-state index in [1.54, 1.807) is 12.3 Å². The number of para-hydroxylation sites is 1. The largest absolute Gasteiger partial charge is 0.491 e. The summed E-state index contributed by atoms with van der Waals surface area (Å²) in [7, 11) is -3.50. The molecule has 1 aliphatic rings. The highest BCUT2D eigenvalue weighted by Gasteiger charge is 2.22. The number of ether oxygens (including phenoxy) is 2. The van der Waals surface area contributed by atoms with Crippen molar-refractivity contribution in [2.45, 2.75) is 13.2 Å². The second kappa shape index (κ2) is 10.2. The lowest BCUT2D eigenvalue weighted by atomic mass is 10.0. The van der Waals surface area contributed by atoms with Crippen molar-refractivity contribution in [1.29, 1.82) is 0 Å². The van der Waals surface area contributed by atoms with Crippen LogP contribution in [0, 0.1) is 0 Å². The zero-order chi connectivity index (χ0) is 26.0. The van der Waals surface area contributed by atoms with Crippen LogP contribution < -0.4 is 19.5 Å². The van der Waals surface area contributed by atoms with Gasteiger partial charge in [0.25, 0.3) is 5.91 Å². The Bertz CT molecular complexity index is 1570. The van der Waals surface area contributed by atoms with Crippen molar-refractivity contribution in [3.63, 3.8) is 0 Å². The van der Waals surface area contributed by atoms with Crippen molar-refractivity contribution >= 4 is 38.9 Å². The topological polar surface area (TPSA) is 98.7 Å². The van der Waals surface area contributed by atoms with Crippen molar-refractivity contribution in [2.24, 2.45) is 0 Å². The number of benzene rings is 3. The van der Waals surface area contributed by atoms with E-state index in [9.17, 15) is 13.2 Å². The van der Waals surface area contributed by atoms with E-state index >= 15 is 0 Å². The maximum absolute atomic E-state index is 13.2. The summed E-state index contributed by atoms with van der Waals surface area (Å²) in [4.78, 5) is 13.2. The van der Waals surface area contributed by atoms with Gasteiger partial charge in [-0.25, -0.2) is 8.42 Å². The molecule has 1 aromatic heterocycles. The molecule has 5 rings (SSSR count). The third-order valence-corrected chi connectivity index (χ3v) is 6.54. The molecule has 0 bridgehead atoms. The third kappa shape index (κ3) is 5.90. The molecular weight excluding hydrogens is 514 g/mol. The number of sulfonamides is 1. The lowest BCUT2D eigenvalue weighted by molar-refractivity contribution is 0.102. The summed E-state index contributed by atoms with van der Waals surface area (Å²) in [5, 5.41) is 3.09. The molecule has 4 aromatic rings. The average Bonchev–Trinajstić information content (AvgIpc) is 3.18. The van der Waals surface area contributed by atoms with Crippen molar-refractivity contribution in [3.8, 4) is 22.8 Å². The lowest BCUT2D eigenvalue weighted by Crippen LogP contribution is -2.13. The Hall–Kier alpha value is -3.95. The van der Waals surface area contributed by atoms with Crippen LogP contribution in [0.5, 0.6) is 11.5 Å². The number of anilines is 2. The molecule has 190 valence electrons. The highest BCUT2D eigenvalue weighted by Crippen LogP contribution is 2.37. The van der Waals surface area contributed by atoms with Gasteiger partial charge in [-0.3, -0.25) is 9.52 Å². The zero-order valence-corrected chi connectivity index (χ0v) is 21.5. The van der Waals surface area contributed by atoms with Gasteiger partial charge in [-0.05, 0) is 42.5 Å². The second-order valence-electron chi connectivity index (χ2n) is 8.60. The Morgan fingerprint density at radius 3 is 2.62 bits per heavy atom. The average molecular weight is 538 g/mol. The summed E-state index contributed by atoms with van der Waals surface area (Å²) in [5.41, 5.74) is 3.71. The van der Waals surface area contributed by atoms with Gasteiger partial charge in [0.2, 0.25) is 10.0 Å². The molecule has 10 heteroatoms. The Labute approximate surface area is 219 Å². The molecule has 0 radical (unpaired) electrons. The van der Waals surface area contributed by atoms with Gasteiger partial charge in [-0.15, -0.1) is 0 Å². The molecule has 0 aliphatic carbocycles. The molecule has 1 aliphatic heterocycles. The van der Waals surface area contributed by atoms with Crippen molar-refractivity contribution < 1.29 is 22.7 Å². The van der Waals surface area contributed by atoms with E-state index in [2.05, 4.69) is 10.0 Å². The minimum absolute atomic E-state index is 0.257. The maximum Gasteiger partial charge on any atom is 0.257 e. The van der Waals surface area contributed by atoms with Crippen LogP contribution >= 0.6 is 11.6 Å². The number of aromatic nitrogens is 1.